The van der Waals surface area contributed by atoms with Crippen molar-refractivity contribution in [3.8, 4) is 0 Å². The van der Waals surface area contributed by atoms with E-state index in [1.165, 1.54) is 35.6 Å². The van der Waals surface area contributed by atoms with Gasteiger partial charge in [0, 0.05) is 44.6 Å². The molecule has 0 spiro atoms. The van der Waals surface area contributed by atoms with Gasteiger partial charge in [0.05, 0.1) is 19.8 Å². The van der Waals surface area contributed by atoms with Crippen molar-refractivity contribution in [2.75, 3.05) is 39.4 Å². The monoisotopic (exact) mass is 486 g/mol. The first-order valence-corrected chi connectivity index (χ1v) is 12.2. The molecule has 0 bridgehead atoms. The van der Waals surface area contributed by atoms with Crippen molar-refractivity contribution < 1.29 is 18.3 Å². The molecule has 1 fully saturated rings. The van der Waals surface area contributed by atoms with Crippen molar-refractivity contribution in [2.45, 2.75) is 19.6 Å². The minimum atomic E-state index is -0.280. The molecule has 0 unspecified atom stereocenters. The van der Waals surface area contributed by atoms with E-state index in [-0.39, 0.29) is 17.5 Å². The van der Waals surface area contributed by atoms with Gasteiger partial charge in [0.2, 0.25) is 0 Å². The zero-order valence-corrected chi connectivity index (χ0v) is 19.7. The summed E-state index contributed by atoms with van der Waals surface area (Å²) < 4.78 is 32.0. The van der Waals surface area contributed by atoms with Gasteiger partial charge in [-0.1, -0.05) is 24.3 Å². The number of carbonyl (C=O) groups is 1. The topological polar surface area (TPSA) is 57.7 Å². The fraction of sp³-hybridized carbons (Fsp3) is 0.360. The normalized spacial score (nSPS) is 14.4. The average Bonchev–Trinajstić information content (AvgIpc) is 3.31. The van der Waals surface area contributed by atoms with Crippen LogP contribution in [0.1, 0.15) is 26.6 Å². The number of rotatable bonds is 10. The van der Waals surface area contributed by atoms with Gasteiger partial charge in [0.15, 0.2) is 0 Å². The summed E-state index contributed by atoms with van der Waals surface area (Å²) in [6, 6.07) is 12.8. The molecule has 180 valence electrons. The molecule has 2 heterocycles. The summed E-state index contributed by atoms with van der Waals surface area (Å²) in [5.74, 6) is -0.740. The van der Waals surface area contributed by atoms with Gasteiger partial charge in [-0.05, 0) is 35.4 Å². The van der Waals surface area contributed by atoms with Crippen LogP contribution in [0, 0.1) is 11.6 Å². The summed E-state index contributed by atoms with van der Waals surface area (Å²) in [5, 5.41) is 5.52. The number of nitrogens with one attached hydrogen (secondary N) is 1. The molecular formula is C25H28F2N4O2S. The molecule has 0 atom stereocenters. The van der Waals surface area contributed by atoms with Gasteiger partial charge in [0.25, 0.3) is 5.91 Å². The maximum Gasteiger partial charge on any atom is 0.270 e. The summed E-state index contributed by atoms with van der Waals surface area (Å²) in [7, 11) is 0. The molecule has 3 aromatic rings. The van der Waals surface area contributed by atoms with E-state index < -0.39 is 0 Å². The van der Waals surface area contributed by atoms with E-state index in [0.29, 0.717) is 31.9 Å². The molecule has 1 aliphatic rings. The Morgan fingerprint density at radius 2 is 1.56 bits per heavy atom. The third-order valence-electron chi connectivity index (χ3n) is 5.60. The first-order valence-electron chi connectivity index (χ1n) is 11.3. The van der Waals surface area contributed by atoms with Gasteiger partial charge in [-0.2, -0.15) is 0 Å². The Hall–Kier alpha value is -2.72. The number of halogens is 2. The first-order chi connectivity index (χ1) is 16.5. The smallest absolute Gasteiger partial charge is 0.270 e. The lowest BCUT2D eigenvalue weighted by Gasteiger charge is -2.26. The highest BCUT2D eigenvalue weighted by molar-refractivity contribution is 7.09. The highest BCUT2D eigenvalue weighted by Gasteiger charge is 2.16. The van der Waals surface area contributed by atoms with Gasteiger partial charge in [-0.3, -0.25) is 14.6 Å². The summed E-state index contributed by atoms with van der Waals surface area (Å²) in [6.45, 7) is 6.23. The number of thiazole rings is 1. The van der Waals surface area contributed by atoms with Crippen molar-refractivity contribution >= 4 is 17.2 Å². The Morgan fingerprint density at radius 1 is 0.971 bits per heavy atom. The molecule has 1 saturated heterocycles. The summed E-state index contributed by atoms with van der Waals surface area (Å²) >= 11 is 1.43. The molecule has 1 N–H and O–H groups in total. The average molecular weight is 487 g/mol. The van der Waals surface area contributed by atoms with Gasteiger partial charge >= 0.3 is 0 Å². The lowest BCUT2D eigenvalue weighted by molar-refractivity contribution is 0.0383. The maximum atomic E-state index is 13.3. The van der Waals surface area contributed by atoms with Crippen molar-refractivity contribution in [3.05, 3.63) is 87.4 Å². The number of carbonyl (C=O) groups excluding carboxylic acids is 1. The number of amides is 1. The summed E-state index contributed by atoms with van der Waals surface area (Å²) in [6.07, 6.45) is 0. The maximum absolute atomic E-state index is 13.3. The zero-order chi connectivity index (χ0) is 23.8. The molecular weight excluding hydrogens is 458 g/mol. The van der Waals surface area contributed by atoms with E-state index in [4.69, 9.17) is 4.74 Å². The number of morpholine rings is 1. The van der Waals surface area contributed by atoms with Crippen LogP contribution in [0.15, 0.2) is 53.9 Å². The Balaban J connectivity index is 1.36. The Labute approximate surface area is 202 Å². The molecule has 6 nitrogen and oxygen atoms in total. The van der Waals surface area contributed by atoms with E-state index >= 15 is 0 Å². The highest BCUT2D eigenvalue weighted by Crippen LogP contribution is 2.18. The van der Waals surface area contributed by atoms with Crippen LogP contribution < -0.4 is 5.32 Å². The third-order valence-corrected chi connectivity index (χ3v) is 6.43. The van der Waals surface area contributed by atoms with Crippen LogP contribution >= 0.6 is 11.3 Å². The molecule has 2 aromatic carbocycles. The predicted octanol–water partition coefficient (Wildman–Crippen LogP) is 3.69. The second kappa shape index (κ2) is 12.1. The first kappa shape index (κ1) is 24.4. The van der Waals surface area contributed by atoms with E-state index in [9.17, 15) is 13.6 Å². The predicted molar refractivity (Wildman–Crippen MR) is 127 cm³/mol. The van der Waals surface area contributed by atoms with Crippen LogP contribution in [0.5, 0.6) is 0 Å². The van der Waals surface area contributed by atoms with Crippen molar-refractivity contribution in [3.63, 3.8) is 0 Å². The van der Waals surface area contributed by atoms with Crippen LogP contribution in [-0.2, 0) is 24.4 Å². The molecule has 1 amide bonds. The van der Waals surface area contributed by atoms with Crippen molar-refractivity contribution in [1.82, 2.24) is 20.1 Å². The number of hydrogen-bond acceptors (Lipinski definition) is 6. The Kier molecular flexibility index (Phi) is 8.70. The van der Waals surface area contributed by atoms with Crippen LogP contribution in [-0.4, -0.2) is 60.1 Å². The standard InChI is InChI=1S/C25H28F2N4O2S/c26-21-5-1-19(2-6-21)15-31(16-20-3-7-22(27)8-4-20)17-24-29-23(18-34-24)25(32)28-9-10-30-11-13-33-14-12-30/h1-8,18H,9-17H2,(H,28,32). The van der Waals surface area contributed by atoms with E-state index in [2.05, 4.69) is 20.1 Å². The second-order valence-electron chi connectivity index (χ2n) is 8.23. The SMILES string of the molecule is O=C(NCCN1CCOCC1)c1csc(CN(Cc2ccc(F)cc2)Cc2ccc(F)cc2)n1. The lowest BCUT2D eigenvalue weighted by Crippen LogP contribution is -2.41. The largest absolute Gasteiger partial charge is 0.379 e. The third kappa shape index (κ3) is 7.39. The van der Waals surface area contributed by atoms with Gasteiger partial charge in [-0.15, -0.1) is 11.3 Å². The minimum absolute atomic E-state index is 0.181. The molecule has 1 aromatic heterocycles. The molecule has 9 heteroatoms. The number of hydrogen-bond donors (Lipinski definition) is 1. The Bertz CT molecular complexity index is 1010. The van der Waals surface area contributed by atoms with E-state index in [1.807, 2.05) is 0 Å². The van der Waals surface area contributed by atoms with E-state index in [1.54, 1.807) is 29.6 Å². The summed E-state index contributed by atoms with van der Waals surface area (Å²) in [5.41, 5.74) is 2.33. The fourth-order valence-electron chi connectivity index (χ4n) is 3.79. The molecule has 0 saturated carbocycles. The van der Waals surface area contributed by atoms with Gasteiger partial charge in [-0.25, -0.2) is 13.8 Å². The van der Waals surface area contributed by atoms with Crippen LogP contribution in [0.2, 0.25) is 0 Å². The number of ether oxygens (including phenoxy) is 1. The highest BCUT2D eigenvalue weighted by atomic mass is 32.1. The van der Waals surface area contributed by atoms with Crippen LogP contribution in [0.25, 0.3) is 0 Å². The van der Waals surface area contributed by atoms with Gasteiger partial charge < -0.3 is 10.1 Å². The molecule has 34 heavy (non-hydrogen) atoms. The minimum Gasteiger partial charge on any atom is -0.379 e. The number of benzene rings is 2. The fourth-order valence-corrected chi connectivity index (χ4v) is 4.60. The van der Waals surface area contributed by atoms with Crippen molar-refractivity contribution in [2.24, 2.45) is 0 Å². The number of aromatic nitrogens is 1. The van der Waals surface area contributed by atoms with Crippen LogP contribution in [0.4, 0.5) is 8.78 Å². The summed E-state index contributed by atoms with van der Waals surface area (Å²) in [4.78, 5) is 21.5. The molecule has 1 aliphatic heterocycles. The molecule has 0 aliphatic carbocycles. The van der Waals surface area contributed by atoms with Crippen molar-refractivity contribution in [1.29, 1.82) is 0 Å². The van der Waals surface area contributed by atoms with Gasteiger partial charge in [0.1, 0.15) is 22.3 Å². The Morgan fingerprint density at radius 3 is 2.15 bits per heavy atom. The quantitative estimate of drug-likeness (QED) is 0.474. The molecule has 0 radical (unpaired) electrons. The van der Waals surface area contributed by atoms with E-state index in [0.717, 1.165) is 49.0 Å². The molecule has 4 rings (SSSR count). The second-order valence-corrected chi connectivity index (χ2v) is 9.18. The number of nitrogens with zero attached hydrogens (tertiary/aromatic N) is 3. The lowest BCUT2D eigenvalue weighted by atomic mass is 10.1. The zero-order valence-electron chi connectivity index (χ0n) is 18.9. The van der Waals surface area contributed by atoms with Crippen LogP contribution in [0.3, 0.4) is 0 Å².